The topological polar surface area (TPSA) is 37.7 Å². The quantitative estimate of drug-likeness (QED) is 0.689. The Labute approximate surface area is 98.7 Å². The van der Waals surface area contributed by atoms with Crippen molar-refractivity contribution in [1.29, 1.82) is 0 Å². The van der Waals surface area contributed by atoms with Crippen molar-refractivity contribution in [2.45, 2.75) is 19.4 Å². The fraction of sp³-hybridized carbons (Fsp3) is 0.889. The maximum absolute atomic E-state index is 11.4. The molecule has 4 nitrogen and oxygen atoms in total. The number of piperazine rings is 1. The number of urea groups is 1. The van der Waals surface area contributed by atoms with Crippen molar-refractivity contribution in [2.75, 3.05) is 32.7 Å². The monoisotopic (exact) mass is 369 g/mol. The molecule has 2 amide bonds. The van der Waals surface area contributed by atoms with E-state index in [1.54, 1.807) is 0 Å². The van der Waals surface area contributed by atoms with Crippen molar-refractivity contribution in [3.63, 3.8) is 0 Å². The van der Waals surface area contributed by atoms with Gasteiger partial charge in [0.15, 0.2) is 6.03 Å². The number of fused-ring (bicyclic) bond motifs is 1. The van der Waals surface area contributed by atoms with Crippen molar-refractivity contribution < 1.29 is 25.2 Å². The molecular weight excluding hydrogens is 352 g/mol. The normalized spacial score (nSPS) is 27.6. The molecule has 5 heteroatoms. The van der Waals surface area contributed by atoms with Crippen LogP contribution in [0.1, 0.15) is 13.3 Å². The van der Waals surface area contributed by atoms with Crippen LogP contribution in [0.2, 0.25) is 0 Å². The summed E-state index contributed by atoms with van der Waals surface area (Å²) >= 11 is 0. The van der Waals surface area contributed by atoms with E-state index >= 15 is 0 Å². The zero-order valence-electron chi connectivity index (χ0n) is 8.45. The van der Waals surface area contributed by atoms with Crippen molar-refractivity contribution in [2.24, 2.45) is 0 Å². The molecule has 0 aromatic carbocycles. The fourth-order valence-corrected chi connectivity index (χ4v) is 2.11. The Balaban J connectivity index is 0.000000980. The van der Waals surface area contributed by atoms with E-state index in [1.807, 2.05) is 4.90 Å². The van der Waals surface area contributed by atoms with Gasteiger partial charge in [-0.25, -0.2) is 0 Å². The molecule has 0 spiro atoms. The summed E-state index contributed by atoms with van der Waals surface area (Å²) < 4.78 is 0. The molecular formula is C9H16N3ORe-. The molecule has 1 radical (unpaired) electrons. The Hall–Kier alpha value is -0.108. The summed E-state index contributed by atoms with van der Waals surface area (Å²) in [6.45, 7) is 6.89. The van der Waals surface area contributed by atoms with Crippen LogP contribution in [0.25, 0.3) is 5.32 Å². The zero-order valence-corrected chi connectivity index (χ0v) is 11.2. The number of rotatable bonds is 1. The molecule has 2 saturated heterocycles. The van der Waals surface area contributed by atoms with Gasteiger partial charge < -0.3 is 15.1 Å². The van der Waals surface area contributed by atoms with Crippen LogP contribution in [-0.4, -0.2) is 54.6 Å². The summed E-state index contributed by atoms with van der Waals surface area (Å²) in [4.78, 5) is 15.7. The molecule has 14 heavy (non-hydrogen) atoms. The Morgan fingerprint density at radius 2 is 2.29 bits per heavy atom. The van der Waals surface area contributed by atoms with E-state index in [1.165, 1.54) is 0 Å². The minimum absolute atomic E-state index is 0. The predicted molar refractivity (Wildman–Crippen MR) is 50.8 cm³/mol. The van der Waals surface area contributed by atoms with Crippen LogP contribution >= 0.6 is 0 Å². The summed E-state index contributed by atoms with van der Waals surface area (Å²) in [5.41, 5.74) is 0. The van der Waals surface area contributed by atoms with Crippen LogP contribution in [-0.2, 0) is 20.4 Å². The molecule has 81 valence electrons. The summed E-state index contributed by atoms with van der Waals surface area (Å²) in [7, 11) is 0. The van der Waals surface area contributed by atoms with E-state index in [9.17, 15) is 4.79 Å². The summed E-state index contributed by atoms with van der Waals surface area (Å²) in [6, 6.07) is 0.436. The Morgan fingerprint density at radius 1 is 1.50 bits per heavy atom. The van der Waals surface area contributed by atoms with Gasteiger partial charge in [0.25, 0.3) is 0 Å². The van der Waals surface area contributed by atoms with Crippen LogP contribution in [0.15, 0.2) is 0 Å². The van der Waals surface area contributed by atoms with Gasteiger partial charge in [-0.2, -0.15) is 0 Å². The number of carbonyl (C=O) groups is 1. The van der Waals surface area contributed by atoms with E-state index in [-0.39, 0.29) is 26.5 Å². The van der Waals surface area contributed by atoms with E-state index in [0.717, 1.165) is 39.1 Å². The van der Waals surface area contributed by atoms with Crippen LogP contribution < -0.4 is 0 Å². The molecule has 0 aromatic heterocycles. The Bertz CT molecular complexity index is 212. The molecule has 0 aliphatic carbocycles. The summed E-state index contributed by atoms with van der Waals surface area (Å²) in [5, 5.41) is 3.93. The predicted octanol–water partition coefficient (Wildman–Crippen LogP) is 0.887. The minimum Gasteiger partial charge on any atom is -0.431 e. The van der Waals surface area contributed by atoms with E-state index in [4.69, 9.17) is 0 Å². The largest absolute Gasteiger partial charge is 0.431 e. The number of carbonyl (C=O) groups excluding carboxylic acids is 1. The van der Waals surface area contributed by atoms with Crippen molar-refractivity contribution in [1.82, 2.24) is 9.80 Å². The molecule has 0 saturated carbocycles. The third-order valence-corrected chi connectivity index (χ3v) is 2.97. The van der Waals surface area contributed by atoms with Gasteiger partial charge >= 0.3 is 0 Å². The second-order valence-electron chi connectivity index (χ2n) is 3.69. The molecule has 2 fully saturated rings. The second-order valence-corrected chi connectivity index (χ2v) is 3.69. The average molecular weight is 368 g/mol. The Morgan fingerprint density at radius 3 is 3.00 bits per heavy atom. The van der Waals surface area contributed by atoms with E-state index < -0.39 is 0 Å². The fourth-order valence-electron chi connectivity index (χ4n) is 2.11. The minimum atomic E-state index is 0. The van der Waals surface area contributed by atoms with Crippen LogP contribution in [0, 0.1) is 0 Å². The number of amides is 2. The zero-order chi connectivity index (χ0) is 9.26. The van der Waals surface area contributed by atoms with Gasteiger partial charge in [-0.3, -0.25) is 4.79 Å². The molecule has 2 aliphatic rings. The van der Waals surface area contributed by atoms with Gasteiger partial charge in [-0.1, -0.05) is 13.3 Å². The van der Waals surface area contributed by atoms with Gasteiger partial charge in [0, 0.05) is 27.0 Å². The summed E-state index contributed by atoms with van der Waals surface area (Å²) in [6.07, 6.45) is 1.04. The third-order valence-electron chi connectivity index (χ3n) is 2.97. The number of hydrogen-bond donors (Lipinski definition) is 0. The molecule has 2 rings (SSSR count). The van der Waals surface area contributed by atoms with Crippen LogP contribution in [0.4, 0.5) is 4.79 Å². The van der Waals surface area contributed by atoms with Crippen molar-refractivity contribution >= 4 is 6.03 Å². The molecule has 2 heterocycles. The van der Waals surface area contributed by atoms with E-state index in [2.05, 4.69) is 17.1 Å². The second kappa shape index (κ2) is 5.11. The van der Waals surface area contributed by atoms with Gasteiger partial charge in [0.2, 0.25) is 0 Å². The van der Waals surface area contributed by atoms with Crippen molar-refractivity contribution in [3.8, 4) is 0 Å². The van der Waals surface area contributed by atoms with Gasteiger partial charge in [0.1, 0.15) is 0 Å². The van der Waals surface area contributed by atoms with Crippen molar-refractivity contribution in [3.05, 3.63) is 5.32 Å². The first kappa shape index (κ1) is 12.0. The number of hydrogen-bond acceptors (Lipinski definition) is 2. The molecule has 0 aromatic rings. The molecule has 2 aliphatic heterocycles. The standard InChI is InChI=1S/C9H17N3O.Re/c1-2-11-5-6-12-8(7-11)3-4-10-9(12)13;/h8H,2-7H2,1H3,(H,10,13);/p-1. The van der Waals surface area contributed by atoms with Gasteiger partial charge in [-0.05, 0) is 32.2 Å². The van der Waals surface area contributed by atoms with Crippen LogP contribution in [0.5, 0.6) is 0 Å². The first-order chi connectivity index (χ1) is 6.31. The molecule has 1 atom stereocenters. The number of likely N-dealkylation sites (N-methyl/N-ethyl adjacent to an activating group) is 1. The molecule has 0 N–H and O–H groups in total. The summed E-state index contributed by atoms with van der Waals surface area (Å²) in [5.74, 6) is 0. The van der Waals surface area contributed by atoms with Gasteiger partial charge in [-0.15, -0.1) is 0 Å². The Kier molecular flexibility index (Phi) is 4.37. The first-order valence-electron chi connectivity index (χ1n) is 5.01. The third kappa shape index (κ3) is 2.28. The maximum atomic E-state index is 11.4. The smallest absolute Gasteiger partial charge is 0.156 e. The van der Waals surface area contributed by atoms with Gasteiger partial charge in [0.05, 0.1) is 0 Å². The molecule has 1 unspecified atom stereocenters. The average Bonchev–Trinajstić information content (AvgIpc) is 2.18. The SMILES string of the molecule is CCN1CCN2C(=O)[N-]CCC2C1.[Re]. The maximum Gasteiger partial charge on any atom is 0.156 e. The van der Waals surface area contributed by atoms with E-state index in [0.29, 0.717) is 6.04 Å². The van der Waals surface area contributed by atoms with Crippen LogP contribution in [0.3, 0.4) is 0 Å². The first-order valence-corrected chi connectivity index (χ1v) is 5.01. The number of nitrogens with zero attached hydrogens (tertiary/aromatic N) is 3. The molecule has 0 bridgehead atoms.